The van der Waals surface area contributed by atoms with Crippen molar-refractivity contribution in [2.75, 3.05) is 30.8 Å². The molecule has 9 heteroatoms. The fraction of sp³-hybridized carbons (Fsp3) is 0.355. The van der Waals surface area contributed by atoms with Gasteiger partial charge in [-0.05, 0) is 61.2 Å². The van der Waals surface area contributed by atoms with E-state index in [1.54, 1.807) is 36.3 Å². The van der Waals surface area contributed by atoms with Gasteiger partial charge in [-0.2, -0.15) is 0 Å². The van der Waals surface area contributed by atoms with Crippen LogP contribution in [-0.4, -0.2) is 57.6 Å². The average molecular weight is 566 g/mol. The Morgan fingerprint density at radius 3 is 2.20 bits per heavy atom. The van der Waals surface area contributed by atoms with Gasteiger partial charge in [0.1, 0.15) is 11.8 Å². The minimum atomic E-state index is -3.58. The topological polar surface area (TPSA) is 96.0 Å². The maximum atomic E-state index is 13.8. The van der Waals surface area contributed by atoms with Crippen molar-refractivity contribution in [3.63, 3.8) is 0 Å². The number of nitrogens with one attached hydrogen (secondary N) is 1. The van der Waals surface area contributed by atoms with Gasteiger partial charge >= 0.3 is 0 Å². The van der Waals surface area contributed by atoms with Crippen molar-refractivity contribution in [3.05, 3.63) is 95.6 Å². The lowest BCUT2D eigenvalue weighted by atomic mass is 10.0. The van der Waals surface area contributed by atoms with Gasteiger partial charge in [-0.1, -0.05) is 54.6 Å². The lowest BCUT2D eigenvalue weighted by molar-refractivity contribution is -0.141. The molecule has 40 heavy (non-hydrogen) atoms. The van der Waals surface area contributed by atoms with Gasteiger partial charge in [0.15, 0.2) is 0 Å². The molecule has 1 atom stereocenters. The predicted octanol–water partition coefficient (Wildman–Crippen LogP) is 4.33. The Bertz CT molecular complexity index is 1360. The number of hydrogen-bond donors (Lipinski definition) is 1. The Hall–Kier alpha value is -3.85. The number of ether oxygens (including phenoxy) is 1. The standard InChI is InChI=1S/C31H39N3O5S/c1-5-32-31(36)29(22-25-13-7-6-8-14-25)33(23-26-15-10-9-12-24(26)2)30(35)16-11-21-34(40(4,37)38)27-17-19-28(39-3)20-18-27/h6-10,12-15,17-20,29H,5,11,16,21-23H2,1-4H3,(H,32,36)/t29-/m0/s1. The predicted molar refractivity (Wildman–Crippen MR) is 159 cm³/mol. The molecule has 0 bridgehead atoms. The molecule has 0 heterocycles. The molecule has 0 spiro atoms. The zero-order valence-electron chi connectivity index (χ0n) is 23.7. The number of nitrogens with zero attached hydrogens (tertiary/aromatic N) is 2. The third-order valence-corrected chi connectivity index (χ3v) is 7.93. The molecule has 0 saturated carbocycles. The van der Waals surface area contributed by atoms with Crippen LogP contribution in [0.4, 0.5) is 5.69 Å². The van der Waals surface area contributed by atoms with Gasteiger partial charge < -0.3 is 15.0 Å². The molecule has 0 radical (unpaired) electrons. The first-order valence-corrected chi connectivity index (χ1v) is 15.3. The second-order valence-corrected chi connectivity index (χ2v) is 11.6. The van der Waals surface area contributed by atoms with E-state index in [1.165, 1.54) is 4.31 Å². The highest BCUT2D eigenvalue weighted by atomic mass is 32.2. The molecule has 0 saturated heterocycles. The normalized spacial score (nSPS) is 11.9. The van der Waals surface area contributed by atoms with Crippen LogP contribution in [0.2, 0.25) is 0 Å². The van der Waals surface area contributed by atoms with E-state index >= 15 is 0 Å². The first-order valence-electron chi connectivity index (χ1n) is 13.4. The summed E-state index contributed by atoms with van der Waals surface area (Å²) in [5.74, 6) is 0.192. The van der Waals surface area contributed by atoms with Gasteiger partial charge in [-0.15, -0.1) is 0 Å². The summed E-state index contributed by atoms with van der Waals surface area (Å²) in [5.41, 5.74) is 3.42. The van der Waals surface area contributed by atoms with Gasteiger partial charge in [0.25, 0.3) is 0 Å². The van der Waals surface area contributed by atoms with E-state index in [-0.39, 0.29) is 37.7 Å². The zero-order chi connectivity index (χ0) is 29.1. The van der Waals surface area contributed by atoms with Crippen LogP contribution in [-0.2, 0) is 32.6 Å². The number of amides is 2. The smallest absolute Gasteiger partial charge is 0.243 e. The minimum Gasteiger partial charge on any atom is -0.497 e. The second-order valence-electron chi connectivity index (χ2n) is 9.68. The van der Waals surface area contributed by atoms with Gasteiger partial charge in [0.2, 0.25) is 21.8 Å². The van der Waals surface area contributed by atoms with Crippen molar-refractivity contribution in [2.24, 2.45) is 0 Å². The van der Waals surface area contributed by atoms with Crippen molar-refractivity contribution < 1.29 is 22.7 Å². The van der Waals surface area contributed by atoms with Crippen LogP contribution in [0.25, 0.3) is 0 Å². The molecule has 3 rings (SSSR count). The summed E-state index contributed by atoms with van der Waals surface area (Å²) in [6.45, 7) is 4.68. The molecule has 0 unspecified atom stereocenters. The van der Waals surface area contributed by atoms with Crippen LogP contribution in [0.5, 0.6) is 5.75 Å². The molecular weight excluding hydrogens is 526 g/mol. The molecule has 0 aliphatic rings. The van der Waals surface area contributed by atoms with Crippen LogP contribution in [0.1, 0.15) is 36.5 Å². The van der Waals surface area contributed by atoms with E-state index in [9.17, 15) is 18.0 Å². The van der Waals surface area contributed by atoms with Gasteiger partial charge in [-0.25, -0.2) is 8.42 Å². The molecule has 0 fully saturated rings. The van der Waals surface area contributed by atoms with Crippen LogP contribution < -0.4 is 14.4 Å². The zero-order valence-corrected chi connectivity index (χ0v) is 24.5. The number of hydrogen-bond acceptors (Lipinski definition) is 5. The fourth-order valence-corrected chi connectivity index (χ4v) is 5.53. The number of carbonyl (C=O) groups is 2. The number of carbonyl (C=O) groups excluding carboxylic acids is 2. The lowest BCUT2D eigenvalue weighted by Crippen LogP contribution is -2.50. The molecule has 3 aromatic carbocycles. The van der Waals surface area contributed by atoms with E-state index in [2.05, 4.69) is 5.32 Å². The first kappa shape index (κ1) is 30.7. The number of likely N-dealkylation sites (N-methyl/N-ethyl adjacent to an activating group) is 1. The Balaban J connectivity index is 1.86. The largest absolute Gasteiger partial charge is 0.497 e. The van der Waals surface area contributed by atoms with E-state index in [0.29, 0.717) is 24.4 Å². The lowest BCUT2D eigenvalue weighted by Gasteiger charge is -2.32. The fourth-order valence-electron chi connectivity index (χ4n) is 4.57. The number of sulfonamides is 1. The number of aryl methyl sites for hydroxylation is 1. The van der Waals surface area contributed by atoms with Crippen molar-refractivity contribution in [3.8, 4) is 5.75 Å². The summed E-state index contributed by atoms with van der Waals surface area (Å²) in [6.07, 6.45) is 1.88. The van der Waals surface area contributed by atoms with Crippen LogP contribution in [0.15, 0.2) is 78.9 Å². The summed E-state index contributed by atoms with van der Waals surface area (Å²) in [5, 5.41) is 2.90. The summed E-state index contributed by atoms with van der Waals surface area (Å²) in [4.78, 5) is 28.8. The van der Waals surface area contributed by atoms with Crippen LogP contribution >= 0.6 is 0 Å². The first-order chi connectivity index (χ1) is 19.1. The van der Waals surface area contributed by atoms with Crippen molar-refractivity contribution in [1.29, 1.82) is 0 Å². The molecule has 8 nitrogen and oxygen atoms in total. The minimum absolute atomic E-state index is 0.0821. The van der Waals surface area contributed by atoms with Crippen molar-refractivity contribution in [1.82, 2.24) is 10.2 Å². The number of methoxy groups -OCH3 is 1. The van der Waals surface area contributed by atoms with E-state index in [1.807, 2.05) is 68.4 Å². The van der Waals surface area contributed by atoms with Crippen molar-refractivity contribution in [2.45, 2.75) is 45.7 Å². The number of benzene rings is 3. The number of rotatable bonds is 14. The molecule has 214 valence electrons. The third kappa shape index (κ3) is 8.58. The quantitative estimate of drug-likeness (QED) is 0.314. The Morgan fingerprint density at radius 1 is 0.950 bits per heavy atom. The highest BCUT2D eigenvalue weighted by Crippen LogP contribution is 2.23. The maximum Gasteiger partial charge on any atom is 0.243 e. The summed E-state index contributed by atoms with van der Waals surface area (Å²) < 4.78 is 31.7. The molecule has 0 aromatic heterocycles. The summed E-state index contributed by atoms with van der Waals surface area (Å²) in [7, 11) is -2.04. The molecule has 0 aliphatic carbocycles. The maximum absolute atomic E-state index is 13.8. The van der Waals surface area contributed by atoms with Gasteiger partial charge in [-0.3, -0.25) is 13.9 Å². The Kier molecular flexibility index (Phi) is 11.1. The molecule has 2 amide bonds. The Labute approximate surface area is 238 Å². The third-order valence-electron chi connectivity index (χ3n) is 6.74. The molecule has 0 aliphatic heterocycles. The molecular formula is C31H39N3O5S. The monoisotopic (exact) mass is 565 g/mol. The van der Waals surface area contributed by atoms with Crippen molar-refractivity contribution >= 4 is 27.5 Å². The van der Waals surface area contributed by atoms with Gasteiger partial charge in [0.05, 0.1) is 19.1 Å². The summed E-state index contributed by atoms with van der Waals surface area (Å²) in [6, 6.07) is 23.5. The molecule has 3 aromatic rings. The van der Waals surface area contributed by atoms with E-state index < -0.39 is 16.1 Å². The average Bonchev–Trinajstić information content (AvgIpc) is 2.94. The Morgan fingerprint density at radius 2 is 1.60 bits per heavy atom. The summed E-state index contributed by atoms with van der Waals surface area (Å²) >= 11 is 0. The molecule has 1 N–H and O–H groups in total. The SMILES string of the molecule is CCNC(=O)[C@H](Cc1ccccc1)N(Cc1ccccc1C)C(=O)CCCN(c1ccc(OC)cc1)S(C)(=O)=O. The highest BCUT2D eigenvalue weighted by molar-refractivity contribution is 7.92. The van der Waals surface area contributed by atoms with Gasteiger partial charge in [0, 0.05) is 32.5 Å². The number of anilines is 1. The van der Waals surface area contributed by atoms with Crippen LogP contribution in [0.3, 0.4) is 0 Å². The second kappa shape index (κ2) is 14.5. The van der Waals surface area contributed by atoms with E-state index in [0.717, 1.165) is 22.9 Å². The van der Waals surface area contributed by atoms with E-state index in [4.69, 9.17) is 4.74 Å². The highest BCUT2D eigenvalue weighted by Gasteiger charge is 2.30. The van der Waals surface area contributed by atoms with Crippen LogP contribution in [0, 0.1) is 6.92 Å².